The number of aromatic nitrogens is 4. The molecule has 2 atom stereocenters. The van der Waals surface area contributed by atoms with Crippen LogP contribution >= 0.6 is 11.8 Å². The Labute approximate surface area is 170 Å². The summed E-state index contributed by atoms with van der Waals surface area (Å²) in [6.45, 7) is 1.38. The zero-order valence-electron chi connectivity index (χ0n) is 16.0. The van der Waals surface area contributed by atoms with E-state index in [1.165, 1.54) is 32.0 Å². The van der Waals surface area contributed by atoms with Crippen LogP contribution in [-0.4, -0.2) is 62.7 Å². The van der Waals surface area contributed by atoms with Crippen molar-refractivity contribution in [1.82, 2.24) is 25.5 Å². The highest BCUT2D eigenvalue weighted by atomic mass is 32.2. The number of aliphatic hydroxyl groups excluding tert-OH is 1. The molecule has 4 N–H and O–H groups in total. The molecule has 0 saturated carbocycles. The lowest BCUT2D eigenvalue weighted by Gasteiger charge is -2.19. The maximum absolute atomic E-state index is 12.8. The average Bonchev–Trinajstić information content (AvgIpc) is 3.18. The van der Waals surface area contributed by atoms with Gasteiger partial charge in [0.05, 0.1) is 24.9 Å². The Balaban J connectivity index is 1.91. The summed E-state index contributed by atoms with van der Waals surface area (Å²) in [4.78, 5) is 33.1. The second-order valence-corrected chi connectivity index (χ2v) is 6.90. The summed E-state index contributed by atoms with van der Waals surface area (Å²) in [6.07, 6.45) is 3.74. The van der Waals surface area contributed by atoms with Gasteiger partial charge < -0.3 is 20.5 Å². The van der Waals surface area contributed by atoms with Gasteiger partial charge in [0.1, 0.15) is 11.4 Å². The van der Waals surface area contributed by atoms with Crippen molar-refractivity contribution in [2.24, 2.45) is 0 Å². The minimum absolute atomic E-state index is 0.113. The van der Waals surface area contributed by atoms with E-state index in [1.807, 2.05) is 24.5 Å². The van der Waals surface area contributed by atoms with Crippen molar-refractivity contribution in [2.45, 2.75) is 24.2 Å². The Morgan fingerprint density at radius 1 is 1.31 bits per heavy atom. The number of esters is 1. The fourth-order valence-corrected chi connectivity index (χ4v) is 2.94. The number of aromatic amines is 1. The number of thioether (sulfide) groups is 1. The van der Waals surface area contributed by atoms with Crippen molar-refractivity contribution in [3.63, 3.8) is 0 Å². The highest BCUT2D eigenvalue weighted by Gasteiger charge is 2.28. The predicted molar refractivity (Wildman–Crippen MR) is 108 cm³/mol. The fourth-order valence-electron chi connectivity index (χ4n) is 2.60. The lowest BCUT2D eigenvalue weighted by Crippen LogP contribution is -2.48. The summed E-state index contributed by atoms with van der Waals surface area (Å²) in [5, 5.41) is 23.6. The van der Waals surface area contributed by atoms with Crippen LogP contribution in [-0.2, 0) is 9.53 Å². The number of anilines is 2. The zero-order chi connectivity index (χ0) is 21.0. The quantitative estimate of drug-likeness (QED) is 0.256. The van der Waals surface area contributed by atoms with Crippen LogP contribution in [0.15, 0.2) is 35.7 Å². The van der Waals surface area contributed by atoms with E-state index in [2.05, 4.69) is 35.5 Å². The molecule has 0 spiro atoms. The monoisotopic (exact) mass is 416 g/mol. The third kappa shape index (κ3) is 4.63. The number of aliphatic hydroxyl groups is 1. The summed E-state index contributed by atoms with van der Waals surface area (Å²) in [5.74, 6) is -1.12. The topological polar surface area (TPSA) is 142 Å². The number of rotatable bonds is 7. The number of nitrogens with zero attached hydrogens (tertiary/aromatic N) is 3. The first-order chi connectivity index (χ1) is 13.9. The number of H-pyrrole nitrogens is 1. The van der Waals surface area contributed by atoms with Gasteiger partial charge in [0.25, 0.3) is 5.91 Å². The van der Waals surface area contributed by atoms with Gasteiger partial charge in [-0.1, -0.05) is 11.8 Å². The number of benzene rings is 1. The van der Waals surface area contributed by atoms with Crippen molar-refractivity contribution in [3.8, 4) is 0 Å². The molecule has 2 aromatic heterocycles. The van der Waals surface area contributed by atoms with E-state index in [0.717, 1.165) is 10.9 Å². The molecule has 11 heteroatoms. The number of ether oxygens (including phenoxy) is 1. The van der Waals surface area contributed by atoms with Gasteiger partial charge in [-0.25, -0.2) is 14.8 Å². The normalized spacial score (nSPS) is 13.0. The number of hydrogen-bond acceptors (Lipinski definition) is 9. The van der Waals surface area contributed by atoms with E-state index in [9.17, 15) is 14.7 Å². The molecule has 0 radical (unpaired) electrons. The molecular formula is C18H20N6O4S. The number of carbonyl (C=O) groups excluding carboxylic acids is 2. The molecule has 3 rings (SSSR count). The lowest BCUT2D eigenvalue weighted by atomic mass is 10.1. The number of amides is 1. The van der Waals surface area contributed by atoms with Crippen molar-refractivity contribution in [3.05, 3.63) is 36.2 Å². The highest BCUT2D eigenvalue weighted by Crippen LogP contribution is 2.24. The van der Waals surface area contributed by atoms with Crippen LogP contribution in [0.25, 0.3) is 10.9 Å². The molecule has 0 aliphatic carbocycles. The Morgan fingerprint density at radius 3 is 2.79 bits per heavy atom. The summed E-state index contributed by atoms with van der Waals surface area (Å²) in [7, 11) is 1.18. The number of methoxy groups -OCH3 is 1. The zero-order valence-corrected chi connectivity index (χ0v) is 16.8. The molecular weight excluding hydrogens is 396 g/mol. The first kappa shape index (κ1) is 20.6. The molecule has 3 aromatic rings. The molecule has 152 valence electrons. The molecule has 0 unspecified atom stereocenters. The van der Waals surface area contributed by atoms with E-state index in [4.69, 9.17) is 0 Å². The Bertz CT molecular complexity index is 1040. The number of hydrogen-bond donors (Lipinski definition) is 4. The average molecular weight is 416 g/mol. The van der Waals surface area contributed by atoms with Gasteiger partial charge in [0.2, 0.25) is 0 Å². The van der Waals surface area contributed by atoms with Gasteiger partial charge in [0.15, 0.2) is 11.2 Å². The molecule has 0 aliphatic heterocycles. The SMILES string of the molecule is COC(=O)[C@@H](NC(=O)c1cnc(SC)nc1Nc1ccc2cn[nH]c2c1)[C@@H](C)O. The van der Waals surface area contributed by atoms with E-state index < -0.39 is 24.0 Å². The van der Waals surface area contributed by atoms with E-state index in [-0.39, 0.29) is 11.4 Å². The van der Waals surface area contributed by atoms with Gasteiger partial charge in [-0.05, 0) is 31.4 Å². The van der Waals surface area contributed by atoms with Gasteiger partial charge in [-0.3, -0.25) is 9.89 Å². The standard InChI is InChI=1S/C18H20N6O4S/c1-9(25)14(17(27)28-2)22-16(26)12-8-19-18(29-3)23-15(12)21-11-5-4-10-7-20-24-13(10)6-11/h4-9,14,25H,1-3H3,(H,20,24)(H,22,26)(H,19,21,23)/t9-,14+/m1/s1. The number of fused-ring (bicyclic) bond motifs is 1. The molecule has 0 saturated heterocycles. The van der Waals surface area contributed by atoms with Crippen molar-refractivity contribution < 1.29 is 19.4 Å². The van der Waals surface area contributed by atoms with Crippen LogP contribution < -0.4 is 10.6 Å². The largest absolute Gasteiger partial charge is 0.467 e. The fraction of sp³-hybridized carbons (Fsp3) is 0.278. The van der Waals surface area contributed by atoms with Crippen LogP contribution in [0.2, 0.25) is 0 Å². The molecule has 1 amide bonds. The molecule has 0 fully saturated rings. The molecule has 29 heavy (non-hydrogen) atoms. The number of carbonyl (C=O) groups is 2. The second-order valence-electron chi connectivity index (χ2n) is 6.13. The van der Waals surface area contributed by atoms with Gasteiger partial charge in [-0.2, -0.15) is 5.10 Å². The Hall–Kier alpha value is -3.18. The van der Waals surface area contributed by atoms with Gasteiger partial charge in [-0.15, -0.1) is 0 Å². The third-order valence-electron chi connectivity index (χ3n) is 4.12. The van der Waals surface area contributed by atoms with Crippen molar-refractivity contribution >= 4 is 46.0 Å². The van der Waals surface area contributed by atoms with Crippen LogP contribution in [0.1, 0.15) is 17.3 Å². The first-order valence-electron chi connectivity index (χ1n) is 8.61. The lowest BCUT2D eigenvalue weighted by molar-refractivity contribution is -0.145. The first-order valence-corrected chi connectivity index (χ1v) is 9.83. The Kier molecular flexibility index (Phi) is 6.29. The van der Waals surface area contributed by atoms with Crippen LogP contribution in [0, 0.1) is 0 Å². The van der Waals surface area contributed by atoms with Crippen LogP contribution in [0.4, 0.5) is 11.5 Å². The molecule has 1 aromatic carbocycles. The maximum Gasteiger partial charge on any atom is 0.331 e. The van der Waals surface area contributed by atoms with Crippen molar-refractivity contribution in [2.75, 3.05) is 18.7 Å². The molecule has 0 aliphatic rings. The van der Waals surface area contributed by atoms with E-state index >= 15 is 0 Å². The molecule has 0 bridgehead atoms. The predicted octanol–water partition coefficient (Wildman–Crippen LogP) is 1.47. The Morgan fingerprint density at radius 2 is 2.10 bits per heavy atom. The van der Waals surface area contributed by atoms with Crippen LogP contribution in [0.3, 0.4) is 0 Å². The van der Waals surface area contributed by atoms with E-state index in [1.54, 1.807) is 6.20 Å². The summed E-state index contributed by atoms with van der Waals surface area (Å²) in [6, 6.07) is 4.31. The third-order valence-corrected chi connectivity index (χ3v) is 4.68. The smallest absolute Gasteiger partial charge is 0.331 e. The summed E-state index contributed by atoms with van der Waals surface area (Å²) < 4.78 is 4.63. The minimum atomic E-state index is -1.22. The molecule has 2 heterocycles. The van der Waals surface area contributed by atoms with Gasteiger partial charge in [0, 0.05) is 17.3 Å². The van der Waals surface area contributed by atoms with Gasteiger partial charge >= 0.3 is 5.97 Å². The van der Waals surface area contributed by atoms with E-state index in [0.29, 0.717) is 10.8 Å². The minimum Gasteiger partial charge on any atom is -0.467 e. The highest BCUT2D eigenvalue weighted by molar-refractivity contribution is 7.98. The summed E-state index contributed by atoms with van der Waals surface area (Å²) >= 11 is 1.32. The number of nitrogens with one attached hydrogen (secondary N) is 3. The molecule has 10 nitrogen and oxygen atoms in total. The maximum atomic E-state index is 12.8. The summed E-state index contributed by atoms with van der Waals surface area (Å²) in [5.41, 5.74) is 1.61. The second kappa shape index (κ2) is 8.88. The van der Waals surface area contributed by atoms with Crippen LogP contribution in [0.5, 0.6) is 0 Å². The van der Waals surface area contributed by atoms with Crippen molar-refractivity contribution in [1.29, 1.82) is 0 Å².